The van der Waals surface area contributed by atoms with Crippen molar-refractivity contribution in [3.8, 4) is 0 Å². The molecule has 1 aromatic rings. The van der Waals surface area contributed by atoms with Gasteiger partial charge in [-0.2, -0.15) is 0 Å². The van der Waals surface area contributed by atoms with Crippen molar-refractivity contribution in [1.82, 2.24) is 4.90 Å². The number of carboxylic acids is 1. The molecule has 7 heteroatoms. The molecule has 1 aliphatic rings. The average Bonchev–Trinajstić information content (AvgIpc) is 2.80. The van der Waals surface area contributed by atoms with Gasteiger partial charge in [0.25, 0.3) is 5.91 Å². The molecule has 1 heterocycles. The topological polar surface area (TPSA) is 94.9 Å². The van der Waals surface area contributed by atoms with Gasteiger partial charge in [-0.05, 0) is 37.5 Å². The summed E-state index contributed by atoms with van der Waals surface area (Å²) in [7, 11) is 0. The maximum atomic E-state index is 13.2. The number of carbonyl (C=O) groups excluding carboxylic acids is 2. The molecule has 0 aliphatic carbocycles. The van der Waals surface area contributed by atoms with Crippen LogP contribution in [0, 0.1) is 5.82 Å². The Bertz CT molecular complexity index is 711. The highest BCUT2D eigenvalue weighted by Crippen LogP contribution is 2.37. The first-order valence-corrected chi connectivity index (χ1v) is 8.05. The molecule has 2 N–H and O–H groups in total. The lowest BCUT2D eigenvalue weighted by molar-refractivity contribution is -0.137. The van der Waals surface area contributed by atoms with Gasteiger partial charge >= 0.3 is 5.97 Å². The van der Waals surface area contributed by atoms with E-state index < -0.39 is 35.3 Å². The van der Waals surface area contributed by atoms with Crippen molar-refractivity contribution in [1.29, 1.82) is 0 Å². The smallest absolute Gasteiger partial charge is 0.303 e. The minimum atomic E-state index is -0.875. The van der Waals surface area contributed by atoms with Crippen LogP contribution in [0.5, 0.6) is 0 Å². The third-order valence-corrected chi connectivity index (χ3v) is 4.16. The largest absolute Gasteiger partial charge is 0.503 e. The number of ketones is 1. The molecule has 0 saturated heterocycles. The summed E-state index contributed by atoms with van der Waals surface area (Å²) < 4.78 is 13.2. The molecule has 0 saturated carbocycles. The van der Waals surface area contributed by atoms with E-state index in [1.165, 1.54) is 36.1 Å². The Hall–Kier alpha value is -2.70. The fraction of sp³-hybridized carbons (Fsp3) is 0.389. The molecule has 1 aromatic carbocycles. The second-order valence-electron chi connectivity index (χ2n) is 5.98. The van der Waals surface area contributed by atoms with Crippen LogP contribution in [0.4, 0.5) is 4.39 Å². The lowest BCUT2D eigenvalue weighted by Gasteiger charge is -2.26. The molecule has 0 radical (unpaired) electrons. The summed E-state index contributed by atoms with van der Waals surface area (Å²) in [5.74, 6) is -2.95. The van der Waals surface area contributed by atoms with Crippen LogP contribution in [-0.4, -0.2) is 39.3 Å². The number of Topliss-reactive ketones (excluding diaryl/α,β-unsaturated/α-hetero) is 1. The van der Waals surface area contributed by atoms with E-state index in [4.69, 9.17) is 5.11 Å². The number of unbranched alkanes of at least 4 members (excludes halogenated alkanes) is 2. The van der Waals surface area contributed by atoms with Crippen molar-refractivity contribution in [2.75, 3.05) is 6.54 Å². The monoisotopic (exact) mass is 349 g/mol. The van der Waals surface area contributed by atoms with Crippen LogP contribution in [0.25, 0.3) is 0 Å². The molecule has 2 rings (SSSR count). The molecule has 0 fully saturated rings. The van der Waals surface area contributed by atoms with E-state index in [1.54, 1.807) is 0 Å². The van der Waals surface area contributed by atoms with Gasteiger partial charge in [-0.25, -0.2) is 4.39 Å². The van der Waals surface area contributed by atoms with E-state index in [0.29, 0.717) is 24.8 Å². The number of aliphatic carboxylic acids is 1. The van der Waals surface area contributed by atoms with Crippen LogP contribution in [0.1, 0.15) is 44.2 Å². The van der Waals surface area contributed by atoms with Crippen LogP contribution in [0.15, 0.2) is 35.6 Å². The van der Waals surface area contributed by atoms with E-state index in [1.807, 2.05) is 0 Å². The van der Waals surface area contributed by atoms with Crippen molar-refractivity contribution in [2.24, 2.45) is 0 Å². The van der Waals surface area contributed by atoms with E-state index in [0.717, 1.165) is 0 Å². The number of rotatable bonds is 8. The van der Waals surface area contributed by atoms with E-state index in [-0.39, 0.29) is 18.5 Å². The average molecular weight is 349 g/mol. The maximum Gasteiger partial charge on any atom is 0.303 e. The first-order valence-electron chi connectivity index (χ1n) is 8.05. The van der Waals surface area contributed by atoms with Gasteiger partial charge in [0.1, 0.15) is 5.82 Å². The van der Waals surface area contributed by atoms with E-state index in [2.05, 4.69) is 0 Å². The van der Waals surface area contributed by atoms with Crippen molar-refractivity contribution in [3.63, 3.8) is 0 Å². The number of aliphatic hydroxyl groups excluding tert-OH is 1. The number of benzene rings is 1. The summed E-state index contributed by atoms with van der Waals surface area (Å²) in [6.07, 6.45) is 1.67. The van der Waals surface area contributed by atoms with Gasteiger partial charge in [0.2, 0.25) is 0 Å². The third kappa shape index (κ3) is 4.23. The van der Waals surface area contributed by atoms with Crippen LogP contribution >= 0.6 is 0 Å². The SMILES string of the molecule is CC(=O)C1=C(O)C(=O)N(CCCCCC(=O)O)[C@@H]1c1ccc(F)cc1. The molecule has 134 valence electrons. The molecule has 0 spiro atoms. The normalized spacial score (nSPS) is 17.3. The first kappa shape index (κ1) is 18.6. The minimum absolute atomic E-state index is 0.00199. The van der Waals surface area contributed by atoms with Gasteiger partial charge in [0.05, 0.1) is 11.6 Å². The molecule has 1 amide bonds. The zero-order valence-corrected chi connectivity index (χ0v) is 13.9. The number of nitrogens with zero attached hydrogens (tertiary/aromatic N) is 1. The zero-order valence-electron chi connectivity index (χ0n) is 13.9. The van der Waals surface area contributed by atoms with Gasteiger partial charge in [-0.1, -0.05) is 18.6 Å². The van der Waals surface area contributed by atoms with Crippen LogP contribution in [0.3, 0.4) is 0 Å². The second kappa shape index (κ2) is 7.92. The molecular weight excluding hydrogens is 329 g/mol. The number of halogens is 1. The fourth-order valence-corrected chi connectivity index (χ4v) is 2.97. The second-order valence-corrected chi connectivity index (χ2v) is 5.98. The van der Waals surface area contributed by atoms with Gasteiger partial charge in [-0.3, -0.25) is 14.4 Å². The highest BCUT2D eigenvalue weighted by Gasteiger charge is 2.41. The molecule has 0 unspecified atom stereocenters. The lowest BCUT2D eigenvalue weighted by Crippen LogP contribution is -2.32. The van der Waals surface area contributed by atoms with Crippen molar-refractivity contribution in [3.05, 3.63) is 47.0 Å². The Morgan fingerprint density at radius 1 is 1.16 bits per heavy atom. The van der Waals surface area contributed by atoms with Gasteiger partial charge in [0.15, 0.2) is 11.5 Å². The summed E-state index contributed by atoms with van der Waals surface area (Å²) in [4.78, 5) is 36.2. The van der Waals surface area contributed by atoms with Gasteiger partial charge in [0, 0.05) is 13.0 Å². The summed E-state index contributed by atoms with van der Waals surface area (Å²) >= 11 is 0. The summed E-state index contributed by atoms with van der Waals surface area (Å²) in [6.45, 7) is 1.53. The Balaban J connectivity index is 2.19. The highest BCUT2D eigenvalue weighted by molar-refractivity contribution is 6.08. The predicted octanol–water partition coefficient (Wildman–Crippen LogP) is 2.76. The number of amides is 1. The van der Waals surface area contributed by atoms with Gasteiger partial charge in [-0.15, -0.1) is 0 Å². The Kier molecular flexibility index (Phi) is 5.90. The Labute approximate surface area is 144 Å². The first-order chi connectivity index (χ1) is 11.8. The Morgan fingerprint density at radius 3 is 2.36 bits per heavy atom. The minimum Gasteiger partial charge on any atom is -0.503 e. The van der Waals surface area contributed by atoms with Crippen molar-refractivity contribution < 1.29 is 29.0 Å². The summed E-state index contributed by atoms with van der Waals surface area (Å²) in [5.41, 5.74) is 0.539. The molecule has 6 nitrogen and oxygen atoms in total. The standard InChI is InChI=1S/C18H20FNO5/c1-11(21)15-16(12-6-8-13(19)9-7-12)20(18(25)17(15)24)10-4-2-3-5-14(22)23/h6-9,16,24H,2-5,10H2,1H3,(H,22,23)/t16-/m1/s1. The summed E-state index contributed by atoms with van der Waals surface area (Å²) in [5, 5.41) is 18.7. The summed E-state index contributed by atoms with van der Waals surface area (Å²) in [6, 6.07) is 4.67. The van der Waals surface area contributed by atoms with Crippen molar-refractivity contribution >= 4 is 17.7 Å². The quantitative estimate of drug-likeness (QED) is 0.704. The van der Waals surface area contributed by atoms with Crippen LogP contribution in [-0.2, 0) is 14.4 Å². The molecule has 0 aromatic heterocycles. The number of aliphatic hydroxyl groups is 1. The highest BCUT2D eigenvalue weighted by atomic mass is 19.1. The van der Waals surface area contributed by atoms with Crippen LogP contribution in [0.2, 0.25) is 0 Å². The fourth-order valence-electron chi connectivity index (χ4n) is 2.97. The molecule has 1 aliphatic heterocycles. The Morgan fingerprint density at radius 2 is 1.80 bits per heavy atom. The number of hydrogen-bond acceptors (Lipinski definition) is 4. The number of carboxylic acid groups (broad SMARTS) is 1. The maximum absolute atomic E-state index is 13.2. The van der Waals surface area contributed by atoms with E-state index >= 15 is 0 Å². The van der Waals surface area contributed by atoms with Gasteiger partial charge < -0.3 is 15.1 Å². The molecule has 0 bridgehead atoms. The molecule has 25 heavy (non-hydrogen) atoms. The number of hydrogen-bond donors (Lipinski definition) is 2. The zero-order chi connectivity index (χ0) is 18.6. The molecular formula is C18H20FNO5. The lowest BCUT2D eigenvalue weighted by atomic mass is 9.96. The van der Waals surface area contributed by atoms with Crippen LogP contribution < -0.4 is 0 Å². The predicted molar refractivity (Wildman–Crippen MR) is 87.3 cm³/mol. The third-order valence-electron chi connectivity index (χ3n) is 4.16. The molecule has 1 atom stereocenters. The van der Waals surface area contributed by atoms with Crippen molar-refractivity contribution in [2.45, 2.75) is 38.6 Å². The number of carbonyl (C=O) groups is 3. The van der Waals surface area contributed by atoms with E-state index in [9.17, 15) is 23.9 Å².